The predicted octanol–water partition coefficient (Wildman–Crippen LogP) is 3.18. The summed E-state index contributed by atoms with van der Waals surface area (Å²) >= 11 is 9.15. The zero-order chi connectivity index (χ0) is 12.3. The van der Waals surface area contributed by atoms with E-state index >= 15 is 0 Å². The molecule has 0 saturated carbocycles. The molecule has 2 rings (SSSR count). The zero-order valence-corrected chi connectivity index (χ0v) is 10.9. The third-order valence-corrected chi connectivity index (χ3v) is 2.81. The van der Waals surface area contributed by atoms with Crippen molar-refractivity contribution in [2.24, 2.45) is 0 Å². The molecule has 0 aliphatic rings. The highest BCUT2D eigenvalue weighted by Crippen LogP contribution is 2.30. The molecule has 0 unspecified atom stereocenters. The van der Waals surface area contributed by atoms with Crippen molar-refractivity contribution in [3.8, 4) is 11.6 Å². The molecule has 0 spiro atoms. The monoisotopic (exact) mass is 314 g/mol. The molecule has 0 saturated heterocycles. The lowest BCUT2D eigenvalue weighted by Gasteiger charge is -2.06. The molecule has 0 radical (unpaired) electrons. The third-order valence-electron chi connectivity index (χ3n) is 1.95. The van der Waals surface area contributed by atoms with Gasteiger partial charge in [-0.25, -0.2) is 4.98 Å². The number of aliphatic hydroxyl groups is 1. The van der Waals surface area contributed by atoms with E-state index < -0.39 is 0 Å². The van der Waals surface area contributed by atoms with Gasteiger partial charge in [0.2, 0.25) is 5.88 Å². The summed E-state index contributed by atoms with van der Waals surface area (Å²) in [7, 11) is 0. The molecule has 1 aromatic heterocycles. The van der Waals surface area contributed by atoms with E-state index in [0.29, 0.717) is 22.3 Å². The van der Waals surface area contributed by atoms with E-state index in [0.717, 1.165) is 4.47 Å². The first-order chi connectivity index (χ1) is 8.19. The fourth-order valence-electron chi connectivity index (χ4n) is 1.15. The predicted molar refractivity (Wildman–Crippen MR) is 67.2 cm³/mol. The van der Waals surface area contributed by atoms with Gasteiger partial charge >= 0.3 is 0 Å². The number of nitrogens with zero attached hydrogens (tertiary/aromatic N) is 2. The molecule has 1 N–H and O–H groups in total. The van der Waals surface area contributed by atoms with Crippen LogP contribution in [0.1, 0.15) is 5.69 Å². The summed E-state index contributed by atoms with van der Waals surface area (Å²) in [5.74, 6) is 0.950. The van der Waals surface area contributed by atoms with E-state index in [9.17, 15) is 0 Å². The number of aliphatic hydroxyl groups excluding tert-OH is 1. The average Bonchev–Trinajstić information content (AvgIpc) is 2.34. The molecule has 88 valence electrons. The first-order valence-electron chi connectivity index (χ1n) is 4.73. The van der Waals surface area contributed by atoms with Crippen molar-refractivity contribution < 1.29 is 9.84 Å². The van der Waals surface area contributed by atoms with Gasteiger partial charge in [-0.05, 0) is 34.1 Å². The van der Waals surface area contributed by atoms with Crippen molar-refractivity contribution in [1.29, 1.82) is 0 Å². The normalized spacial score (nSPS) is 10.3. The summed E-state index contributed by atoms with van der Waals surface area (Å²) in [6, 6.07) is 5.18. The Kier molecular flexibility index (Phi) is 3.93. The van der Waals surface area contributed by atoms with E-state index in [2.05, 4.69) is 25.9 Å². The van der Waals surface area contributed by atoms with Crippen LogP contribution in [0, 0.1) is 0 Å². The molecule has 4 nitrogen and oxygen atoms in total. The molecule has 6 heteroatoms. The lowest BCUT2D eigenvalue weighted by atomic mass is 10.3. The van der Waals surface area contributed by atoms with E-state index in [4.69, 9.17) is 21.4 Å². The summed E-state index contributed by atoms with van der Waals surface area (Å²) in [5.41, 5.74) is 0.493. The molecule has 0 bridgehead atoms. The van der Waals surface area contributed by atoms with Crippen molar-refractivity contribution in [3.63, 3.8) is 0 Å². The molecular weight excluding hydrogens is 307 g/mol. The average molecular weight is 316 g/mol. The summed E-state index contributed by atoms with van der Waals surface area (Å²) in [5, 5.41) is 9.44. The second-order valence-electron chi connectivity index (χ2n) is 3.18. The third kappa shape index (κ3) is 3.15. The maximum absolute atomic E-state index is 8.83. The van der Waals surface area contributed by atoms with Crippen LogP contribution in [0.25, 0.3) is 0 Å². The standard InChI is InChI=1S/C11H8BrClN2O2/c12-9-3-7(13)1-2-10(9)17-11-5-14-8(6-16)4-15-11/h1-5,16H,6H2. The van der Waals surface area contributed by atoms with E-state index in [1.807, 2.05) is 0 Å². The van der Waals surface area contributed by atoms with Crippen LogP contribution in [0.15, 0.2) is 35.1 Å². The van der Waals surface area contributed by atoms with Gasteiger partial charge in [0.25, 0.3) is 0 Å². The van der Waals surface area contributed by atoms with Crippen molar-refractivity contribution in [1.82, 2.24) is 9.97 Å². The molecule has 17 heavy (non-hydrogen) atoms. The van der Waals surface area contributed by atoms with Gasteiger partial charge in [0, 0.05) is 5.02 Å². The van der Waals surface area contributed by atoms with E-state index in [1.165, 1.54) is 12.4 Å². The van der Waals surface area contributed by atoms with Gasteiger partial charge in [0.05, 0.1) is 29.2 Å². The SMILES string of the molecule is OCc1cnc(Oc2ccc(Cl)cc2Br)cn1. The lowest BCUT2D eigenvalue weighted by Crippen LogP contribution is -1.94. The molecule has 0 aliphatic heterocycles. The smallest absolute Gasteiger partial charge is 0.237 e. The van der Waals surface area contributed by atoms with Crippen LogP contribution in [-0.2, 0) is 6.61 Å². The quantitative estimate of drug-likeness (QED) is 0.945. The highest BCUT2D eigenvalue weighted by molar-refractivity contribution is 9.10. The summed E-state index contributed by atoms with van der Waals surface area (Å²) in [6.07, 6.45) is 2.91. The molecule has 2 aromatic rings. The highest BCUT2D eigenvalue weighted by atomic mass is 79.9. The van der Waals surface area contributed by atoms with Crippen molar-refractivity contribution in [2.45, 2.75) is 6.61 Å². The Labute approximate surface area is 111 Å². The van der Waals surface area contributed by atoms with Gasteiger partial charge in [0.1, 0.15) is 5.75 Å². The largest absolute Gasteiger partial charge is 0.436 e. The zero-order valence-electron chi connectivity index (χ0n) is 8.60. The topological polar surface area (TPSA) is 55.2 Å². The molecular formula is C11H8BrClN2O2. The van der Waals surface area contributed by atoms with Gasteiger partial charge in [-0.3, -0.25) is 4.98 Å². The second-order valence-corrected chi connectivity index (χ2v) is 4.47. The van der Waals surface area contributed by atoms with Crippen LogP contribution in [0.5, 0.6) is 11.6 Å². The molecule has 0 fully saturated rings. The Bertz CT molecular complexity index is 519. The van der Waals surface area contributed by atoms with Gasteiger partial charge < -0.3 is 9.84 Å². The molecule has 0 atom stereocenters. The fourth-order valence-corrected chi connectivity index (χ4v) is 1.91. The fraction of sp³-hybridized carbons (Fsp3) is 0.0909. The molecule has 0 aliphatic carbocycles. The van der Waals surface area contributed by atoms with Crippen molar-refractivity contribution >= 4 is 27.5 Å². The summed E-state index contributed by atoms with van der Waals surface area (Å²) < 4.78 is 6.24. The first-order valence-corrected chi connectivity index (χ1v) is 5.91. The Morgan fingerprint density at radius 3 is 2.71 bits per heavy atom. The number of hydrogen-bond donors (Lipinski definition) is 1. The molecule has 1 heterocycles. The van der Waals surface area contributed by atoms with Crippen LogP contribution in [0.3, 0.4) is 0 Å². The minimum Gasteiger partial charge on any atom is -0.436 e. The summed E-state index contributed by atoms with van der Waals surface area (Å²) in [4.78, 5) is 7.97. The lowest BCUT2D eigenvalue weighted by molar-refractivity contribution is 0.276. The molecule has 0 amide bonds. The number of halogens is 2. The van der Waals surface area contributed by atoms with Gasteiger partial charge in [-0.2, -0.15) is 0 Å². The first kappa shape index (κ1) is 12.3. The molecule has 1 aromatic carbocycles. The Hall–Kier alpha value is -1.17. The summed E-state index contributed by atoms with van der Waals surface area (Å²) in [6.45, 7) is -0.141. The van der Waals surface area contributed by atoms with Crippen LogP contribution < -0.4 is 4.74 Å². The van der Waals surface area contributed by atoms with Crippen LogP contribution >= 0.6 is 27.5 Å². The Morgan fingerprint density at radius 1 is 1.29 bits per heavy atom. The van der Waals surface area contributed by atoms with Gasteiger partial charge in [-0.1, -0.05) is 11.6 Å². The minimum absolute atomic E-state index is 0.141. The maximum atomic E-state index is 8.83. The van der Waals surface area contributed by atoms with Gasteiger partial charge in [-0.15, -0.1) is 0 Å². The van der Waals surface area contributed by atoms with Crippen LogP contribution in [-0.4, -0.2) is 15.1 Å². The Balaban J connectivity index is 2.19. The number of hydrogen-bond acceptors (Lipinski definition) is 4. The van der Waals surface area contributed by atoms with E-state index in [1.54, 1.807) is 18.2 Å². The van der Waals surface area contributed by atoms with Crippen molar-refractivity contribution in [2.75, 3.05) is 0 Å². The number of ether oxygens (including phenoxy) is 1. The second kappa shape index (κ2) is 5.44. The van der Waals surface area contributed by atoms with Gasteiger partial charge in [0.15, 0.2) is 0 Å². The van der Waals surface area contributed by atoms with Crippen LogP contribution in [0.4, 0.5) is 0 Å². The van der Waals surface area contributed by atoms with Crippen LogP contribution in [0.2, 0.25) is 5.02 Å². The van der Waals surface area contributed by atoms with Crippen molar-refractivity contribution in [3.05, 3.63) is 45.8 Å². The van der Waals surface area contributed by atoms with E-state index in [-0.39, 0.29) is 6.61 Å². The maximum Gasteiger partial charge on any atom is 0.237 e. The Morgan fingerprint density at radius 2 is 2.12 bits per heavy atom. The number of benzene rings is 1. The highest BCUT2D eigenvalue weighted by Gasteiger charge is 2.04. The number of rotatable bonds is 3. The number of aromatic nitrogens is 2. The minimum atomic E-state index is -0.141.